The SMILES string of the molecule is COc1ccc(Oc2cccc3c2C(=O)/C(=C\c2ccco2)[C@H]3c2ccccc2)cc1. The molecule has 1 aliphatic rings. The third kappa shape index (κ3) is 3.53. The lowest BCUT2D eigenvalue weighted by atomic mass is 9.89. The zero-order valence-electron chi connectivity index (χ0n) is 16.9. The maximum atomic E-state index is 13.6. The minimum absolute atomic E-state index is 0.0515. The molecule has 0 radical (unpaired) electrons. The molecule has 3 aromatic carbocycles. The predicted molar refractivity (Wildman–Crippen MR) is 119 cm³/mol. The van der Waals surface area contributed by atoms with E-state index in [0.29, 0.717) is 28.4 Å². The highest BCUT2D eigenvalue weighted by atomic mass is 16.5. The van der Waals surface area contributed by atoms with Gasteiger partial charge in [0.25, 0.3) is 0 Å². The van der Waals surface area contributed by atoms with E-state index in [4.69, 9.17) is 13.9 Å². The summed E-state index contributed by atoms with van der Waals surface area (Å²) in [7, 11) is 1.62. The summed E-state index contributed by atoms with van der Waals surface area (Å²) >= 11 is 0. The number of ether oxygens (including phenoxy) is 2. The van der Waals surface area contributed by atoms with Crippen molar-refractivity contribution in [2.75, 3.05) is 7.11 Å². The molecular formula is C27H20O4. The zero-order chi connectivity index (χ0) is 21.2. The number of carbonyl (C=O) groups excluding carboxylic acids is 1. The van der Waals surface area contributed by atoms with Crippen LogP contribution in [0.2, 0.25) is 0 Å². The van der Waals surface area contributed by atoms with Crippen LogP contribution in [-0.4, -0.2) is 12.9 Å². The van der Waals surface area contributed by atoms with Gasteiger partial charge in [-0.3, -0.25) is 4.79 Å². The number of ketones is 1. The van der Waals surface area contributed by atoms with Crippen LogP contribution in [0.3, 0.4) is 0 Å². The molecule has 0 fully saturated rings. The average Bonchev–Trinajstić information content (AvgIpc) is 3.42. The van der Waals surface area contributed by atoms with Gasteiger partial charge < -0.3 is 13.9 Å². The topological polar surface area (TPSA) is 48.7 Å². The Labute approximate surface area is 180 Å². The quantitative estimate of drug-likeness (QED) is 0.354. The normalized spacial score (nSPS) is 16.4. The molecule has 0 saturated carbocycles. The predicted octanol–water partition coefficient (Wildman–Crippen LogP) is 6.49. The highest BCUT2D eigenvalue weighted by Crippen LogP contribution is 2.46. The van der Waals surface area contributed by atoms with Crippen molar-refractivity contribution in [3.05, 3.63) is 119 Å². The molecule has 1 heterocycles. The first-order valence-corrected chi connectivity index (χ1v) is 10.0. The molecule has 0 saturated heterocycles. The van der Waals surface area contributed by atoms with Crippen LogP contribution in [-0.2, 0) is 0 Å². The Hall–Kier alpha value is -4.05. The van der Waals surface area contributed by atoms with Crippen LogP contribution in [0.1, 0.15) is 33.2 Å². The molecule has 0 N–H and O–H groups in total. The maximum Gasteiger partial charge on any atom is 0.194 e. The van der Waals surface area contributed by atoms with E-state index in [1.807, 2.05) is 91.0 Å². The van der Waals surface area contributed by atoms with Gasteiger partial charge in [-0.15, -0.1) is 0 Å². The summed E-state index contributed by atoms with van der Waals surface area (Å²) in [6.45, 7) is 0. The van der Waals surface area contributed by atoms with Crippen molar-refractivity contribution < 1.29 is 18.7 Å². The molecular weight excluding hydrogens is 388 g/mol. The van der Waals surface area contributed by atoms with Crippen molar-refractivity contribution in [2.24, 2.45) is 0 Å². The Bertz CT molecular complexity index is 1240. The summed E-state index contributed by atoms with van der Waals surface area (Å²) in [5.74, 6) is 2.33. The van der Waals surface area contributed by atoms with Gasteiger partial charge in [-0.1, -0.05) is 42.5 Å². The van der Waals surface area contributed by atoms with E-state index in [-0.39, 0.29) is 11.7 Å². The highest BCUT2D eigenvalue weighted by molar-refractivity contribution is 6.18. The standard InChI is InChI=1S/C27H20O4/c1-29-19-12-14-20(15-13-19)31-24-11-5-10-22-25(18-7-3-2-4-8-18)23(27(28)26(22)24)17-21-9-6-16-30-21/h2-17,25H,1H3/b23-17-/t25-/m0/s1. The van der Waals surface area contributed by atoms with Gasteiger partial charge in [-0.05, 0) is 59.7 Å². The molecule has 0 amide bonds. The molecule has 4 aromatic rings. The fraction of sp³-hybridized carbons (Fsp3) is 0.0741. The van der Waals surface area contributed by atoms with E-state index >= 15 is 0 Å². The summed E-state index contributed by atoms with van der Waals surface area (Å²) in [5, 5.41) is 0. The molecule has 1 atom stereocenters. The third-order valence-electron chi connectivity index (χ3n) is 5.43. The first kappa shape index (κ1) is 18.9. The molecule has 4 nitrogen and oxygen atoms in total. The molecule has 0 spiro atoms. The summed E-state index contributed by atoms with van der Waals surface area (Å²) in [6.07, 6.45) is 3.44. The Morgan fingerprint density at radius 1 is 0.839 bits per heavy atom. The summed E-state index contributed by atoms with van der Waals surface area (Å²) in [6, 6.07) is 26.8. The van der Waals surface area contributed by atoms with Crippen LogP contribution in [0.15, 0.2) is 101 Å². The molecule has 0 unspecified atom stereocenters. The van der Waals surface area contributed by atoms with E-state index in [2.05, 4.69) is 0 Å². The van der Waals surface area contributed by atoms with Crippen LogP contribution in [0.4, 0.5) is 0 Å². The number of allylic oxidation sites excluding steroid dienone is 1. The van der Waals surface area contributed by atoms with E-state index in [1.165, 1.54) is 0 Å². The summed E-state index contributed by atoms with van der Waals surface area (Å²) in [4.78, 5) is 13.6. The van der Waals surface area contributed by atoms with Crippen molar-refractivity contribution in [3.63, 3.8) is 0 Å². The van der Waals surface area contributed by atoms with E-state index in [0.717, 1.165) is 16.9 Å². The Kier molecular flexibility index (Phi) is 4.89. The van der Waals surface area contributed by atoms with Crippen LogP contribution >= 0.6 is 0 Å². The van der Waals surface area contributed by atoms with E-state index in [1.54, 1.807) is 13.4 Å². The number of furan rings is 1. The molecule has 1 aromatic heterocycles. The largest absolute Gasteiger partial charge is 0.497 e. The number of benzene rings is 3. The van der Waals surface area contributed by atoms with Crippen LogP contribution < -0.4 is 9.47 Å². The Morgan fingerprint density at radius 3 is 2.32 bits per heavy atom. The van der Waals surface area contributed by atoms with E-state index in [9.17, 15) is 4.79 Å². The monoisotopic (exact) mass is 408 g/mol. The smallest absolute Gasteiger partial charge is 0.194 e. The van der Waals surface area contributed by atoms with Gasteiger partial charge in [0.2, 0.25) is 0 Å². The molecule has 0 aliphatic heterocycles. The molecule has 4 heteroatoms. The van der Waals surface area contributed by atoms with Crippen LogP contribution in [0.25, 0.3) is 6.08 Å². The van der Waals surface area contributed by atoms with Gasteiger partial charge >= 0.3 is 0 Å². The molecule has 1 aliphatic carbocycles. The fourth-order valence-corrected chi connectivity index (χ4v) is 4.01. The van der Waals surface area contributed by atoms with Crippen molar-refractivity contribution in [1.82, 2.24) is 0 Å². The second-order valence-electron chi connectivity index (χ2n) is 7.29. The molecule has 5 rings (SSSR count). The molecule has 31 heavy (non-hydrogen) atoms. The number of carbonyl (C=O) groups is 1. The number of rotatable bonds is 5. The van der Waals surface area contributed by atoms with E-state index < -0.39 is 0 Å². The fourth-order valence-electron chi connectivity index (χ4n) is 4.01. The van der Waals surface area contributed by atoms with Gasteiger partial charge in [-0.2, -0.15) is 0 Å². The lowest BCUT2D eigenvalue weighted by Gasteiger charge is -2.14. The van der Waals surface area contributed by atoms with Gasteiger partial charge in [-0.25, -0.2) is 0 Å². The van der Waals surface area contributed by atoms with Gasteiger partial charge in [0.05, 0.1) is 18.9 Å². The average molecular weight is 408 g/mol. The van der Waals surface area contributed by atoms with Gasteiger partial charge in [0, 0.05) is 11.5 Å². The molecule has 152 valence electrons. The first-order chi connectivity index (χ1) is 15.2. The lowest BCUT2D eigenvalue weighted by molar-refractivity contribution is 0.103. The third-order valence-corrected chi connectivity index (χ3v) is 5.43. The molecule has 0 bridgehead atoms. The van der Waals surface area contributed by atoms with Crippen molar-refractivity contribution >= 4 is 11.9 Å². The zero-order valence-corrected chi connectivity index (χ0v) is 16.9. The Balaban J connectivity index is 1.62. The summed E-state index contributed by atoms with van der Waals surface area (Å²) < 4.78 is 16.8. The number of hydrogen-bond acceptors (Lipinski definition) is 4. The van der Waals surface area contributed by atoms with Crippen molar-refractivity contribution in [2.45, 2.75) is 5.92 Å². The van der Waals surface area contributed by atoms with Gasteiger partial charge in [0.15, 0.2) is 5.78 Å². The van der Waals surface area contributed by atoms with Crippen LogP contribution in [0, 0.1) is 0 Å². The van der Waals surface area contributed by atoms with Gasteiger partial charge in [0.1, 0.15) is 23.0 Å². The summed E-state index contributed by atoms with van der Waals surface area (Å²) in [5.41, 5.74) is 3.24. The Morgan fingerprint density at radius 2 is 1.61 bits per heavy atom. The van der Waals surface area contributed by atoms with Crippen molar-refractivity contribution in [1.29, 1.82) is 0 Å². The maximum absolute atomic E-state index is 13.6. The second-order valence-corrected chi connectivity index (χ2v) is 7.29. The number of Topliss-reactive ketones (excluding diaryl/α,β-unsaturated/α-hetero) is 1. The van der Waals surface area contributed by atoms with Crippen LogP contribution in [0.5, 0.6) is 17.2 Å². The minimum Gasteiger partial charge on any atom is -0.497 e. The minimum atomic E-state index is -0.187. The number of hydrogen-bond donors (Lipinski definition) is 0. The lowest BCUT2D eigenvalue weighted by Crippen LogP contribution is -2.02. The highest BCUT2D eigenvalue weighted by Gasteiger charge is 2.38. The van der Waals surface area contributed by atoms with Crippen molar-refractivity contribution in [3.8, 4) is 17.2 Å². The first-order valence-electron chi connectivity index (χ1n) is 10.0. The number of methoxy groups -OCH3 is 1. The number of fused-ring (bicyclic) bond motifs is 1. The second kappa shape index (κ2) is 8.00.